The molecule has 2 rings (SSSR count). The number of hydrogen-bond acceptors (Lipinski definition) is 5. The molecular formula is C17H17ClN2O5. The van der Waals surface area contributed by atoms with Crippen molar-refractivity contribution < 1.29 is 19.2 Å². The lowest BCUT2D eigenvalue weighted by atomic mass is 10.1. The molecule has 132 valence electrons. The van der Waals surface area contributed by atoms with Crippen LogP contribution in [0.15, 0.2) is 42.5 Å². The van der Waals surface area contributed by atoms with Gasteiger partial charge in [-0.1, -0.05) is 11.6 Å². The largest absolute Gasteiger partial charge is 0.497 e. The number of ether oxygens (including phenoxy) is 2. The first-order valence-corrected chi connectivity index (χ1v) is 7.76. The van der Waals surface area contributed by atoms with E-state index in [4.69, 9.17) is 21.1 Å². The van der Waals surface area contributed by atoms with E-state index in [0.29, 0.717) is 16.5 Å². The van der Waals surface area contributed by atoms with Gasteiger partial charge in [0.05, 0.1) is 18.6 Å². The molecule has 0 N–H and O–H groups in total. The molecule has 0 fully saturated rings. The smallest absolute Gasteiger partial charge is 0.282 e. The highest BCUT2D eigenvalue weighted by Gasteiger charge is 2.23. The standard InChI is InChI=1S/C17H17ClN2O5/c1-19(9-10-25-13-5-3-12(18)4-6-13)17(21)15-11-14(24-2)7-8-16(15)20(22)23/h3-8,11H,9-10H2,1-2H3. The van der Waals surface area contributed by atoms with Crippen molar-refractivity contribution in [1.29, 1.82) is 0 Å². The molecule has 0 bridgehead atoms. The fraction of sp³-hybridized carbons (Fsp3) is 0.235. The van der Waals surface area contributed by atoms with Gasteiger partial charge in [0.2, 0.25) is 0 Å². The first-order valence-electron chi connectivity index (χ1n) is 7.38. The number of amides is 1. The Hall–Kier alpha value is -2.80. The molecule has 2 aromatic carbocycles. The van der Waals surface area contributed by atoms with Gasteiger partial charge >= 0.3 is 0 Å². The Labute approximate surface area is 149 Å². The van der Waals surface area contributed by atoms with Crippen molar-refractivity contribution in [2.24, 2.45) is 0 Å². The minimum atomic E-state index is -0.593. The number of benzene rings is 2. The number of rotatable bonds is 7. The highest BCUT2D eigenvalue weighted by atomic mass is 35.5. The predicted octanol–water partition coefficient (Wildman–Crippen LogP) is 3.41. The van der Waals surface area contributed by atoms with Gasteiger partial charge in [-0.05, 0) is 36.4 Å². The number of nitro groups is 1. The van der Waals surface area contributed by atoms with Crippen LogP contribution < -0.4 is 9.47 Å². The minimum absolute atomic E-state index is 0.0293. The molecule has 0 aliphatic carbocycles. The van der Waals surface area contributed by atoms with Gasteiger partial charge in [0.1, 0.15) is 23.7 Å². The van der Waals surface area contributed by atoms with Crippen molar-refractivity contribution in [2.75, 3.05) is 27.3 Å². The van der Waals surface area contributed by atoms with Gasteiger partial charge in [-0.3, -0.25) is 14.9 Å². The van der Waals surface area contributed by atoms with Crippen LogP contribution in [0.25, 0.3) is 0 Å². The Balaban J connectivity index is 2.04. The van der Waals surface area contributed by atoms with Crippen molar-refractivity contribution in [3.8, 4) is 11.5 Å². The van der Waals surface area contributed by atoms with Crippen LogP contribution in [0.4, 0.5) is 5.69 Å². The molecule has 0 aliphatic heterocycles. The molecule has 0 atom stereocenters. The molecule has 0 spiro atoms. The Morgan fingerprint density at radius 2 is 1.84 bits per heavy atom. The summed E-state index contributed by atoms with van der Waals surface area (Å²) in [6, 6.07) is 10.9. The fourth-order valence-electron chi connectivity index (χ4n) is 2.11. The van der Waals surface area contributed by atoms with Crippen LogP contribution in [-0.2, 0) is 0 Å². The van der Waals surface area contributed by atoms with Crippen LogP contribution in [0.2, 0.25) is 5.02 Å². The van der Waals surface area contributed by atoms with E-state index in [1.165, 1.54) is 30.2 Å². The molecule has 0 saturated heterocycles. The topological polar surface area (TPSA) is 81.9 Å². The first-order chi connectivity index (χ1) is 11.9. The van der Waals surface area contributed by atoms with E-state index in [1.807, 2.05) is 0 Å². The molecular weight excluding hydrogens is 348 g/mol. The summed E-state index contributed by atoms with van der Waals surface area (Å²) < 4.78 is 10.6. The maximum absolute atomic E-state index is 12.5. The monoisotopic (exact) mass is 364 g/mol. The van der Waals surface area contributed by atoms with Crippen molar-refractivity contribution in [1.82, 2.24) is 4.90 Å². The van der Waals surface area contributed by atoms with Crippen LogP contribution in [-0.4, -0.2) is 43.0 Å². The summed E-state index contributed by atoms with van der Waals surface area (Å²) in [4.78, 5) is 24.4. The lowest BCUT2D eigenvalue weighted by molar-refractivity contribution is -0.385. The molecule has 0 aromatic heterocycles. The molecule has 25 heavy (non-hydrogen) atoms. The maximum Gasteiger partial charge on any atom is 0.282 e. The van der Waals surface area contributed by atoms with Gasteiger partial charge in [-0.25, -0.2) is 0 Å². The molecule has 1 amide bonds. The second-order valence-electron chi connectivity index (χ2n) is 5.17. The molecule has 0 radical (unpaired) electrons. The van der Waals surface area contributed by atoms with E-state index in [0.717, 1.165) is 0 Å². The predicted molar refractivity (Wildman–Crippen MR) is 93.6 cm³/mol. The number of carbonyl (C=O) groups excluding carboxylic acids is 1. The highest BCUT2D eigenvalue weighted by molar-refractivity contribution is 6.30. The van der Waals surface area contributed by atoms with E-state index in [9.17, 15) is 14.9 Å². The number of halogens is 1. The van der Waals surface area contributed by atoms with Crippen LogP contribution >= 0.6 is 11.6 Å². The summed E-state index contributed by atoms with van der Waals surface area (Å²) in [5.41, 5.74) is -0.297. The zero-order valence-electron chi connectivity index (χ0n) is 13.8. The number of hydrogen-bond donors (Lipinski definition) is 0. The Kier molecular flexibility index (Phi) is 6.19. The summed E-state index contributed by atoms with van der Waals surface area (Å²) in [7, 11) is 2.98. The van der Waals surface area contributed by atoms with Gasteiger partial charge in [-0.15, -0.1) is 0 Å². The van der Waals surface area contributed by atoms with Crippen molar-refractivity contribution >= 4 is 23.2 Å². The quantitative estimate of drug-likeness (QED) is 0.555. The van der Waals surface area contributed by atoms with Crippen molar-refractivity contribution in [2.45, 2.75) is 0 Å². The second kappa shape index (κ2) is 8.34. The summed E-state index contributed by atoms with van der Waals surface area (Å²) in [6.45, 7) is 0.497. The SMILES string of the molecule is COc1ccc([N+](=O)[O-])c(C(=O)N(C)CCOc2ccc(Cl)cc2)c1. The number of nitrogens with zero attached hydrogens (tertiary/aromatic N) is 2. The summed E-state index contributed by atoms with van der Waals surface area (Å²) in [5, 5.41) is 11.7. The normalized spacial score (nSPS) is 10.2. The average Bonchev–Trinajstić information content (AvgIpc) is 2.61. The second-order valence-corrected chi connectivity index (χ2v) is 5.61. The molecule has 7 nitrogen and oxygen atoms in total. The number of likely N-dealkylation sites (N-methyl/N-ethyl adjacent to an activating group) is 1. The lowest BCUT2D eigenvalue weighted by Gasteiger charge is -2.18. The fourth-order valence-corrected chi connectivity index (χ4v) is 2.24. The van der Waals surface area contributed by atoms with Gasteiger partial charge in [0.15, 0.2) is 0 Å². The van der Waals surface area contributed by atoms with Crippen LogP contribution in [0.1, 0.15) is 10.4 Å². The summed E-state index contributed by atoms with van der Waals surface area (Å²) in [5.74, 6) is 0.516. The third-order valence-electron chi connectivity index (χ3n) is 3.49. The van der Waals surface area contributed by atoms with Crippen LogP contribution in [0.5, 0.6) is 11.5 Å². The number of nitro benzene ring substituents is 1. The molecule has 8 heteroatoms. The van der Waals surface area contributed by atoms with E-state index >= 15 is 0 Å². The summed E-state index contributed by atoms with van der Waals surface area (Å²) in [6.07, 6.45) is 0. The lowest BCUT2D eigenvalue weighted by Crippen LogP contribution is -2.31. The molecule has 0 saturated carbocycles. The molecule has 0 aliphatic rings. The van der Waals surface area contributed by atoms with Crippen molar-refractivity contribution in [3.63, 3.8) is 0 Å². The van der Waals surface area contributed by atoms with Crippen LogP contribution in [0.3, 0.4) is 0 Å². The van der Waals surface area contributed by atoms with Crippen LogP contribution in [0, 0.1) is 10.1 Å². The maximum atomic E-state index is 12.5. The van der Waals surface area contributed by atoms with Gasteiger partial charge in [-0.2, -0.15) is 0 Å². The molecule has 0 unspecified atom stereocenters. The first kappa shape index (κ1) is 18.5. The third kappa shape index (κ3) is 4.84. The Bertz CT molecular complexity index is 764. The zero-order valence-corrected chi connectivity index (χ0v) is 14.5. The summed E-state index contributed by atoms with van der Waals surface area (Å²) >= 11 is 5.80. The zero-order chi connectivity index (χ0) is 18.4. The number of carbonyl (C=O) groups is 1. The Morgan fingerprint density at radius 1 is 1.20 bits per heavy atom. The Morgan fingerprint density at radius 3 is 2.44 bits per heavy atom. The van der Waals surface area contributed by atoms with Gasteiger partial charge in [0, 0.05) is 18.1 Å². The average molecular weight is 365 g/mol. The van der Waals surface area contributed by atoms with Gasteiger partial charge < -0.3 is 14.4 Å². The molecule has 0 heterocycles. The molecule has 2 aromatic rings. The van der Waals surface area contributed by atoms with E-state index in [-0.39, 0.29) is 24.4 Å². The third-order valence-corrected chi connectivity index (χ3v) is 3.74. The van der Waals surface area contributed by atoms with E-state index in [2.05, 4.69) is 0 Å². The minimum Gasteiger partial charge on any atom is -0.497 e. The van der Waals surface area contributed by atoms with E-state index < -0.39 is 10.8 Å². The highest BCUT2D eigenvalue weighted by Crippen LogP contribution is 2.25. The van der Waals surface area contributed by atoms with E-state index in [1.54, 1.807) is 31.3 Å². The van der Waals surface area contributed by atoms with Crippen molar-refractivity contribution in [3.05, 3.63) is 63.2 Å². The number of methoxy groups -OCH3 is 1. The van der Waals surface area contributed by atoms with Gasteiger partial charge in [0.25, 0.3) is 11.6 Å².